The van der Waals surface area contributed by atoms with Crippen molar-refractivity contribution in [1.29, 1.82) is 0 Å². The Balaban J connectivity index is 0.00000230. The van der Waals surface area contributed by atoms with Crippen molar-refractivity contribution in [2.45, 2.75) is 160 Å². The molecule has 0 radical (unpaired) electrons. The van der Waals surface area contributed by atoms with Crippen molar-refractivity contribution in [2.75, 3.05) is 39.3 Å². The molecular formula is C51H90N6O4S. The van der Waals surface area contributed by atoms with Gasteiger partial charge in [-0.05, 0) is 114 Å². The van der Waals surface area contributed by atoms with Crippen LogP contribution >= 0.6 is 11.8 Å². The van der Waals surface area contributed by atoms with Gasteiger partial charge in [0, 0.05) is 55.4 Å². The third-order valence-electron chi connectivity index (χ3n) is 11.5. The summed E-state index contributed by atoms with van der Waals surface area (Å²) in [6, 6.07) is 4.68. The van der Waals surface area contributed by atoms with Crippen LogP contribution in [0, 0.1) is 29.1 Å². The Morgan fingerprint density at radius 3 is 2.24 bits per heavy atom. The molecule has 4 rings (SSSR count). The molecule has 11 heteroatoms. The Labute approximate surface area is 383 Å². The van der Waals surface area contributed by atoms with Crippen LogP contribution in [0.5, 0.6) is 0 Å². The summed E-state index contributed by atoms with van der Waals surface area (Å²) in [5, 5.41) is 1.40. The van der Waals surface area contributed by atoms with Gasteiger partial charge in [-0.15, -0.1) is 0 Å². The van der Waals surface area contributed by atoms with E-state index in [2.05, 4.69) is 82.5 Å². The number of thioether (sulfide) groups is 1. The maximum absolute atomic E-state index is 13.1. The first-order valence-corrected chi connectivity index (χ1v) is 25.1. The zero-order chi connectivity index (χ0) is 47.6. The van der Waals surface area contributed by atoms with Gasteiger partial charge in [0.15, 0.2) is 0 Å². The van der Waals surface area contributed by atoms with E-state index in [0.29, 0.717) is 19.6 Å². The minimum absolute atomic E-state index is 0.00236. The van der Waals surface area contributed by atoms with Gasteiger partial charge in [0.1, 0.15) is 0 Å². The number of likely N-dealkylation sites (N-methyl/N-ethyl adjacent to an activating group) is 1. The van der Waals surface area contributed by atoms with Gasteiger partial charge in [0.25, 0.3) is 0 Å². The first-order valence-electron chi connectivity index (χ1n) is 23.4. The van der Waals surface area contributed by atoms with Crippen LogP contribution in [0.25, 0.3) is 0 Å². The molecule has 10 nitrogen and oxygen atoms in total. The first kappa shape index (κ1) is 58.8. The molecule has 1 aromatic heterocycles. The van der Waals surface area contributed by atoms with Crippen molar-refractivity contribution >= 4 is 29.3 Å². The minimum Gasteiger partial charge on any atom is -0.498 e. The summed E-state index contributed by atoms with van der Waals surface area (Å²) in [5.41, 5.74) is 10.1. The lowest BCUT2D eigenvalue weighted by molar-refractivity contribution is -0.135. The Morgan fingerprint density at radius 2 is 1.77 bits per heavy atom. The Kier molecular flexibility index (Phi) is 29.9. The third-order valence-corrected chi connectivity index (χ3v) is 11.5. The highest BCUT2D eigenvalue weighted by Crippen LogP contribution is 2.53. The molecule has 1 aromatic rings. The quantitative estimate of drug-likeness (QED) is 0.0461. The number of methoxy groups -OCH3 is 1. The standard InChI is InChI=1S/C40H63N5O3.C5H9NO.C2H6S.2C2H6/c1-12-16-22-45(41)39(46)30(13-2)23-28(7)43-35(14-3)31-19-20-36-33(24-31)34(25-40(9,10)26-48-27(5)6)38(44(36)15-4)32-18-17-21-42-37(32)29(8)47-11;6-5(7)4-2-1-3-4;1-3-2;2*1-2/h14,17-21,24,29-30,33-34,36,38H,5,12-13,15-16,22-23,25-26,41H2,1-4,6-11H3;4H,1-3H2,(H2,6,7);1-2H3;2*1-2H3/b35-14-,43-28?;;;;. The summed E-state index contributed by atoms with van der Waals surface area (Å²) in [6.07, 6.45) is 22.4. The zero-order valence-corrected chi connectivity index (χ0v) is 42.9. The number of allylic oxidation sites excluding steroid dienone is 3. The second-order valence-electron chi connectivity index (χ2n) is 16.9. The van der Waals surface area contributed by atoms with Crippen molar-refractivity contribution < 1.29 is 19.1 Å². The lowest BCUT2D eigenvalue weighted by atomic mass is 9.72. The van der Waals surface area contributed by atoms with E-state index in [0.717, 1.165) is 73.5 Å². The number of aromatic nitrogens is 1. The number of nitrogens with zero attached hydrogens (tertiary/aromatic N) is 4. The van der Waals surface area contributed by atoms with Gasteiger partial charge in [-0.2, -0.15) is 11.8 Å². The van der Waals surface area contributed by atoms with Crippen LogP contribution in [0.1, 0.15) is 165 Å². The molecule has 2 amide bonds. The van der Waals surface area contributed by atoms with Crippen LogP contribution in [0.2, 0.25) is 0 Å². The molecular weight excluding hydrogens is 793 g/mol. The number of carbonyl (C=O) groups is 2. The summed E-state index contributed by atoms with van der Waals surface area (Å²) in [5.74, 6) is 7.34. The van der Waals surface area contributed by atoms with E-state index < -0.39 is 0 Å². The highest BCUT2D eigenvalue weighted by molar-refractivity contribution is 7.97. The van der Waals surface area contributed by atoms with Gasteiger partial charge < -0.3 is 15.2 Å². The second-order valence-corrected chi connectivity index (χ2v) is 17.7. The van der Waals surface area contributed by atoms with Crippen LogP contribution in [-0.2, 0) is 19.1 Å². The number of nitrogens with two attached hydrogens (primary N) is 2. The molecule has 4 N–H and O–H groups in total. The van der Waals surface area contributed by atoms with Crippen LogP contribution in [0.4, 0.5) is 0 Å². The van der Waals surface area contributed by atoms with Gasteiger partial charge in [-0.1, -0.05) is 112 Å². The number of likely N-dealkylation sites (tertiary alicyclic amines) is 1. The Hall–Kier alpha value is -3.25. The highest BCUT2D eigenvalue weighted by atomic mass is 32.2. The van der Waals surface area contributed by atoms with E-state index in [1.165, 1.54) is 17.0 Å². The van der Waals surface area contributed by atoms with Crippen LogP contribution < -0.4 is 11.6 Å². The number of hydrogen-bond acceptors (Lipinski definition) is 9. The molecule has 0 aromatic carbocycles. The molecule has 0 bridgehead atoms. The smallest absolute Gasteiger partial charge is 0.239 e. The van der Waals surface area contributed by atoms with Crippen molar-refractivity contribution in [3.05, 3.63) is 77.5 Å². The number of hydrazine groups is 1. The van der Waals surface area contributed by atoms with E-state index in [9.17, 15) is 9.59 Å². The first-order chi connectivity index (χ1) is 29.5. The van der Waals surface area contributed by atoms with Crippen molar-refractivity contribution in [2.24, 2.45) is 45.7 Å². The summed E-state index contributed by atoms with van der Waals surface area (Å²) in [4.78, 5) is 35.9. The molecule has 354 valence electrons. The largest absolute Gasteiger partial charge is 0.498 e. The summed E-state index contributed by atoms with van der Waals surface area (Å²) < 4.78 is 11.8. The lowest BCUT2D eigenvalue weighted by Crippen LogP contribution is -2.42. The molecule has 1 saturated carbocycles. The third kappa shape index (κ3) is 18.5. The SMILES string of the molecule is C=C(C)OCC(C)(C)CC1C2C=C(/C(=C/C)N=C(C)CC(CC)C(=O)N(N)CCCC)C=CC2N(CC)C1c1cccnc1C(C)OC.CC.CC.CSC.NC(=O)C1CCC1. The zero-order valence-electron chi connectivity index (χ0n) is 42.1. The number of aliphatic imine (C=N–C) groups is 1. The van der Waals surface area contributed by atoms with E-state index in [4.69, 9.17) is 31.0 Å². The molecule has 1 saturated heterocycles. The maximum atomic E-state index is 13.1. The van der Waals surface area contributed by atoms with Crippen LogP contribution in [0.15, 0.2) is 71.2 Å². The van der Waals surface area contributed by atoms with E-state index in [-0.39, 0.29) is 59.1 Å². The predicted molar refractivity (Wildman–Crippen MR) is 267 cm³/mol. The minimum atomic E-state index is -0.182. The number of carbonyl (C=O) groups excluding carboxylic acids is 2. The summed E-state index contributed by atoms with van der Waals surface area (Å²) >= 11 is 1.75. The number of rotatable bonds is 19. The topological polar surface area (TPSA) is 136 Å². The molecule has 2 fully saturated rings. The second kappa shape index (κ2) is 31.6. The Morgan fingerprint density at radius 1 is 1.15 bits per heavy atom. The van der Waals surface area contributed by atoms with Gasteiger partial charge >= 0.3 is 0 Å². The monoisotopic (exact) mass is 883 g/mol. The van der Waals surface area contributed by atoms with Gasteiger partial charge in [0.05, 0.1) is 29.9 Å². The predicted octanol–water partition coefficient (Wildman–Crippen LogP) is 11.8. The number of amides is 2. The molecule has 1 aliphatic heterocycles. The van der Waals surface area contributed by atoms with Crippen molar-refractivity contribution in [3.8, 4) is 0 Å². The highest BCUT2D eigenvalue weighted by Gasteiger charge is 2.50. The molecule has 2 aliphatic carbocycles. The summed E-state index contributed by atoms with van der Waals surface area (Å²) in [7, 11) is 1.75. The van der Waals surface area contributed by atoms with Gasteiger partial charge in [-0.25, -0.2) is 5.84 Å². The van der Waals surface area contributed by atoms with Crippen molar-refractivity contribution in [1.82, 2.24) is 14.9 Å². The van der Waals surface area contributed by atoms with Crippen LogP contribution in [-0.4, -0.2) is 77.8 Å². The number of primary amides is 1. The van der Waals surface area contributed by atoms with Crippen molar-refractivity contribution in [3.63, 3.8) is 0 Å². The fourth-order valence-corrected chi connectivity index (χ4v) is 8.10. The molecule has 6 atom stereocenters. The maximum Gasteiger partial charge on any atom is 0.239 e. The summed E-state index contributed by atoms with van der Waals surface area (Å²) in [6.45, 7) is 33.1. The molecule has 2 heterocycles. The number of pyridine rings is 1. The van der Waals surface area contributed by atoms with Gasteiger partial charge in [0.2, 0.25) is 11.8 Å². The van der Waals surface area contributed by atoms with E-state index in [1.54, 1.807) is 18.9 Å². The van der Waals surface area contributed by atoms with E-state index >= 15 is 0 Å². The molecule has 62 heavy (non-hydrogen) atoms. The molecule has 0 spiro atoms. The molecule has 3 aliphatic rings. The fraction of sp³-hybridized carbons (Fsp3) is 0.686. The number of hydrogen-bond donors (Lipinski definition) is 2. The fourth-order valence-electron chi connectivity index (χ4n) is 8.10. The number of fused-ring (bicyclic) bond motifs is 1. The van der Waals surface area contributed by atoms with Crippen LogP contribution in [0.3, 0.4) is 0 Å². The average Bonchev–Trinajstić information content (AvgIpc) is 3.54. The number of ether oxygens (including phenoxy) is 2. The lowest BCUT2D eigenvalue weighted by Gasteiger charge is -2.35. The number of unbranched alkanes of at least 4 members (excludes halogenated alkanes) is 1. The normalized spacial score (nSPS) is 20.7. The molecule has 6 unspecified atom stereocenters. The van der Waals surface area contributed by atoms with E-state index in [1.807, 2.05) is 74.1 Å². The van der Waals surface area contributed by atoms with Gasteiger partial charge in [-0.3, -0.25) is 29.5 Å². The average molecular weight is 883 g/mol. The Bertz CT molecular complexity index is 1590.